The molecule has 184 valence electrons. The smallest absolute Gasteiger partial charge is 0.325 e. The quantitative estimate of drug-likeness (QED) is 0.650. The van der Waals surface area contributed by atoms with E-state index in [0.717, 1.165) is 11.3 Å². The summed E-state index contributed by atoms with van der Waals surface area (Å²) in [5.41, 5.74) is -0.795. The Bertz CT molecular complexity index is 1160. The number of carbonyl (C=O) groups is 4. The molecule has 2 saturated heterocycles. The first kappa shape index (κ1) is 22.8. The van der Waals surface area contributed by atoms with Crippen LogP contribution in [0.4, 0.5) is 4.79 Å². The highest BCUT2D eigenvalue weighted by Gasteiger charge is 2.50. The molecule has 3 aliphatic heterocycles. The van der Waals surface area contributed by atoms with E-state index in [1.54, 1.807) is 47.1 Å². The number of urea groups is 1. The van der Waals surface area contributed by atoms with E-state index in [4.69, 9.17) is 13.9 Å². The van der Waals surface area contributed by atoms with Crippen molar-refractivity contribution in [1.29, 1.82) is 0 Å². The summed E-state index contributed by atoms with van der Waals surface area (Å²) >= 11 is 0. The molecule has 4 heterocycles. The van der Waals surface area contributed by atoms with Crippen molar-refractivity contribution in [2.75, 3.05) is 45.9 Å². The lowest BCUT2D eigenvalue weighted by molar-refractivity contribution is -0.139. The number of nitrogens with zero attached hydrogens (tertiary/aromatic N) is 3. The Morgan fingerprint density at radius 1 is 1.00 bits per heavy atom. The topological polar surface area (TPSA) is 122 Å². The molecule has 11 nitrogen and oxygen atoms in total. The standard InChI is InChI=1S/C24H26N4O7/c1-24(16-5-6-17-19(14-16)35-13-3-12-33-17)22(31)28(23(32)25-24)15-20(29)26-7-9-27(10-8-26)21(30)18-4-2-11-34-18/h2,4-6,11,14H,3,7-10,12-13,15H2,1H3,(H,25,32)/t24-/m1/s1. The van der Waals surface area contributed by atoms with Gasteiger partial charge in [-0.05, 0) is 36.8 Å². The molecule has 0 aliphatic carbocycles. The lowest BCUT2D eigenvalue weighted by Gasteiger charge is -2.34. The summed E-state index contributed by atoms with van der Waals surface area (Å²) in [5.74, 6) is 0.238. The molecule has 1 aromatic heterocycles. The van der Waals surface area contributed by atoms with Gasteiger partial charge in [0.2, 0.25) is 5.91 Å². The molecule has 0 bridgehead atoms. The summed E-state index contributed by atoms with van der Waals surface area (Å²) in [6, 6.07) is 7.73. The maximum absolute atomic E-state index is 13.3. The van der Waals surface area contributed by atoms with Crippen LogP contribution in [-0.4, -0.2) is 84.4 Å². The summed E-state index contributed by atoms with van der Waals surface area (Å²) in [5, 5.41) is 2.72. The molecule has 0 spiro atoms. The fourth-order valence-electron chi connectivity index (χ4n) is 4.46. The highest BCUT2D eigenvalue weighted by atomic mass is 16.5. The normalized spacial score (nSPS) is 22.1. The molecule has 35 heavy (non-hydrogen) atoms. The number of amides is 5. The average Bonchev–Trinajstić information content (AvgIpc) is 3.39. The van der Waals surface area contributed by atoms with Gasteiger partial charge < -0.3 is 29.0 Å². The second-order valence-electron chi connectivity index (χ2n) is 8.81. The Kier molecular flexibility index (Phi) is 5.83. The molecule has 0 unspecified atom stereocenters. The van der Waals surface area contributed by atoms with Gasteiger partial charge in [-0.1, -0.05) is 6.07 Å². The summed E-state index contributed by atoms with van der Waals surface area (Å²) in [7, 11) is 0. The minimum Gasteiger partial charge on any atom is -0.490 e. The zero-order valence-electron chi connectivity index (χ0n) is 19.3. The molecule has 0 radical (unpaired) electrons. The average molecular weight is 482 g/mol. The maximum atomic E-state index is 13.3. The van der Waals surface area contributed by atoms with Crippen LogP contribution >= 0.6 is 0 Å². The molecule has 11 heteroatoms. The zero-order valence-corrected chi connectivity index (χ0v) is 19.3. The van der Waals surface area contributed by atoms with Gasteiger partial charge in [-0.15, -0.1) is 0 Å². The predicted octanol–water partition coefficient (Wildman–Crippen LogP) is 1.19. The van der Waals surface area contributed by atoms with E-state index in [1.807, 2.05) is 0 Å². The number of piperazine rings is 1. The Morgan fingerprint density at radius 2 is 1.71 bits per heavy atom. The van der Waals surface area contributed by atoms with Gasteiger partial charge in [0.25, 0.3) is 11.8 Å². The molecule has 0 saturated carbocycles. The van der Waals surface area contributed by atoms with Crippen LogP contribution < -0.4 is 14.8 Å². The number of benzene rings is 1. The van der Waals surface area contributed by atoms with E-state index >= 15 is 0 Å². The first-order valence-corrected chi connectivity index (χ1v) is 11.5. The van der Waals surface area contributed by atoms with Crippen molar-refractivity contribution < 1.29 is 33.1 Å². The number of imide groups is 1. The molecule has 1 aromatic carbocycles. The second kappa shape index (κ2) is 8.97. The van der Waals surface area contributed by atoms with Crippen molar-refractivity contribution in [1.82, 2.24) is 20.0 Å². The number of fused-ring (bicyclic) bond motifs is 1. The highest BCUT2D eigenvalue weighted by molar-refractivity contribution is 6.09. The van der Waals surface area contributed by atoms with E-state index in [0.29, 0.717) is 56.5 Å². The fourth-order valence-corrected chi connectivity index (χ4v) is 4.46. The molecule has 5 amide bonds. The van der Waals surface area contributed by atoms with Crippen molar-refractivity contribution >= 4 is 23.8 Å². The van der Waals surface area contributed by atoms with Gasteiger partial charge in [0.1, 0.15) is 12.1 Å². The van der Waals surface area contributed by atoms with E-state index in [1.165, 1.54) is 6.26 Å². The van der Waals surface area contributed by atoms with E-state index in [-0.39, 0.29) is 24.1 Å². The Balaban J connectivity index is 1.23. The predicted molar refractivity (Wildman–Crippen MR) is 121 cm³/mol. The molecule has 1 atom stereocenters. The molecular formula is C24H26N4O7. The first-order chi connectivity index (χ1) is 16.9. The molecule has 1 N–H and O–H groups in total. The number of furan rings is 1. The Hall–Kier alpha value is -4.02. The van der Waals surface area contributed by atoms with E-state index < -0.39 is 17.5 Å². The zero-order chi connectivity index (χ0) is 24.6. The monoisotopic (exact) mass is 482 g/mol. The number of ether oxygens (including phenoxy) is 2. The number of carbonyl (C=O) groups excluding carboxylic acids is 4. The third-order valence-electron chi connectivity index (χ3n) is 6.54. The molecular weight excluding hydrogens is 456 g/mol. The van der Waals surface area contributed by atoms with Crippen LogP contribution in [0.5, 0.6) is 11.5 Å². The van der Waals surface area contributed by atoms with Crippen LogP contribution in [0.25, 0.3) is 0 Å². The molecule has 2 fully saturated rings. The highest BCUT2D eigenvalue weighted by Crippen LogP contribution is 2.36. The van der Waals surface area contributed by atoms with Gasteiger partial charge in [0.15, 0.2) is 17.3 Å². The van der Waals surface area contributed by atoms with Crippen molar-refractivity contribution in [2.45, 2.75) is 18.9 Å². The largest absolute Gasteiger partial charge is 0.490 e. The fraction of sp³-hybridized carbons (Fsp3) is 0.417. The van der Waals surface area contributed by atoms with Crippen LogP contribution in [0.15, 0.2) is 41.0 Å². The summed E-state index contributed by atoms with van der Waals surface area (Å²) in [6.45, 7) is 3.53. The van der Waals surface area contributed by atoms with E-state index in [2.05, 4.69) is 5.32 Å². The summed E-state index contributed by atoms with van der Waals surface area (Å²) in [4.78, 5) is 55.5. The van der Waals surface area contributed by atoms with Crippen LogP contribution in [0, 0.1) is 0 Å². The van der Waals surface area contributed by atoms with Crippen LogP contribution in [0.1, 0.15) is 29.5 Å². The lowest BCUT2D eigenvalue weighted by atomic mass is 9.91. The Labute approximate surface area is 201 Å². The van der Waals surface area contributed by atoms with Gasteiger partial charge in [0.05, 0.1) is 19.5 Å². The van der Waals surface area contributed by atoms with Crippen molar-refractivity contribution in [3.05, 3.63) is 47.9 Å². The summed E-state index contributed by atoms with van der Waals surface area (Å²) in [6.07, 6.45) is 2.18. The molecule has 3 aliphatic rings. The second-order valence-corrected chi connectivity index (χ2v) is 8.81. The third-order valence-corrected chi connectivity index (χ3v) is 6.54. The van der Waals surface area contributed by atoms with Crippen LogP contribution in [0.2, 0.25) is 0 Å². The van der Waals surface area contributed by atoms with Gasteiger partial charge >= 0.3 is 6.03 Å². The van der Waals surface area contributed by atoms with Gasteiger partial charge in [-0.2, -0.15) is 0 Å². The number of rotatable bonds is 4. The van der Waals surface area contributed by atoms with Crippen molar-refractivity contribution in [2.24, 2.45) is 0 Å². The van der Waals surface area contributed by atoms with Gasteiger partial charge in [-0.25, -0.2) is 4.79 Å². The van der Waals surface area contributed by atoms with Crippen molar-refractivity contribution in [3.8, 4) is 11.5 Å². The van der Waals surface area contributed by atoms with Crippen LogP contribution in [0.3, 0.4) is 0 Å². The maximum Gasteiger partial charge on any atom is 0.325 e. The minimum atomic E-state index is -1.34. The van der Waals surface area contributed by atoms with Gasteiger partial charge in [0, 0.05) is 32.6 Å². The van der Waals surface area contributed by atoms with Crippen LogP contribution in [-0.2, 0) is 15.1 Å². The van der Waals surface area contributed by atoms with Gasteiger partial charge in [-0.3, -0.25) is 19.3 Å². The minimum absolute atomic E-state index is 0.234. The van der Waals surface area contributed by atoms with E-state index in [9.17, 15) is 19.2 Å². The first-order valence-electron chi connectivity index (χ1n) is 11.5. The Morgan fingerprint density at radius 3 is 2.43 bits per heavy atom. The van der Waals surface area contributed by atoms with Crippen molar-refractivity contribution in [3.63, 3.8) is 0 Å². The number of nitrogens with one attached hydrogen (secondary N) is 1. The molecule has 2 aromatic rings. The summed E-state index contributed by atoms with van der Waals surface area (Å²) < 4.78 is 16.5. The number of hydrogen-bond donors (Lipinski definition) is 1. The number of hydrogen-bond acceptors (Lipinski definition) is 7. The molecule has 5 rings (SSSR count). The lowest BCUT2D eigenvalue weighted by Crippen LogP contribution is -2.53. The third kappa shape index (κ3) is 4.17. The SMILES string of the molecule is C[C@]1(c2ccc3c(c2)OCCCO3)NC(=O)N(CC(=O)N2CCN(C(=O)c3ccco3)CC2)C1=O.